The zero-order valence-corrected chi connectivity index (χ0v) is 13.8. The number of hydrogen-bond acceptors (Lipinski definition) is 2. The van der Waals surface area contributed by atoms with Crippen molar-refractivity contribution in [3.05, 3.63) is 56.3 Å². The summed E-state index contributed by atoms with van der Waals surface area (Å²) in [7, 11) is 0. The quantitative estimate of drug-likeness (QED) is 0.752. The third-order valence-electron chi connectivity index (χ3n) is 3.02. The summed E-state index contributed by atoms with van der Waals surface area (Å²) in [4.78, 5) is 12.2. The standard InChI is InChI=1S/C15H13BrClFN2O/c1-7-4-11(16)13(6-12(7)17)20-15(21)10-5-9(19)3-8(2)14(10)18/h3-6H,19H2,1-2H3,(H,20,21). The Bertz CT molecular complexity index is 734. The number of nitrogens with one attached hydrogen (secondary N) is 1. The summed E-state index contributed by atoms with van der Waals surface area (Å²) in [5.74, 6) is -1.17. The zero-order chi connectivity index (χ0) is 15.7. The molecule has 2 aromatic rings. The van der Waals surface area contributed by atoms with Crippen molar-refractivity contribution < 1.29 is 9.18 Å². The van der Waals surface area contributed by atoms with E-state index >= 15 is 0 Å². The summed E-state index contributed by atoms with van der Waals surface area (Å²) < 4.78 is 14.7. The summed E-state index contributed by atoms with van der Waals surface area (Å²) >= 11 is 9.37. The molecule has 0 aliphatic heterocycles. The second-order valence-corrected chi connectivity index (χ2v) is 6.00. The lowest BCUT2D eigenvalue weighted by Crippen LogP contribution is -2.15. The molecule has 3 nitrogen and oxygen atoms in total. The second kappa shape index (κ2) is 6.03. The van der Waals surface area contributed by atoms with Crippen molar-refractivity contribution >= 4 is 44.8 Å². The smallest absolute Gasteiger partial charge is 0.258 e. The molecular weight excluding hydrogens is 359 g/mol. The average Bonchev–Trinajstić information content (AvgIpc) is 2.40. The molecule has 0 spiro atoms. The molecule has 0 radical (unpaired) electrons. The summed E-state index contributed by atoms with van der Waals surface area (Å²) in [6.45, 7) is 3.40. The predicted molar refractivity (Wildman–Crippen MR) is 87.4 cm³/mol. The molecule has 110 valence electrons. The lowest BCUT2D eigenvalue weighted by molar-refractivity contribution is 0.102. The normalized spacial score (nSPS) is 10.5. The van der Waals surface area contributed by atoms with E-state index in [0.717, 1.165) is 5.56 Å². The second-order valence-electron chi connectivity index (χ2n) is 4.73. The molecular formula is C15H13BrClFN2O. The number of hydrogen-bond donors (Lipinski definition) is 2. The van der Waals surface area contributed by atoms with Gasteiger partial charge in [-0.1, -0.05) is 11.6 Å². The minimum absolute atomic E-state index is 0.101. The number of anilines is 2. The molecule has 0 saturated carbocycles. The Morgan fingerprint density at radius 3 is 2.57 bits per heavy atom. The fourth-order valence-corrected chi connectivity index (χ4v) is 2.62. The van der Waals surface area contributed by atoms with Crippen molar-refractivity contribution in [3.8, 4) is 0 Å². The Labute approximate surface area is 135 Å². The number of rotatable bonds is 2. The first-order chi connectivity index (χ1) is 9.79. The number of nitrogens with two attached hydrogens (primary N) is 1. The highest BCUT2D eigenvalue weighted by Crippen LogP contribution is 2.30. The van der Waals surface area contributed by atoms with Crippen LogP contribution in [0.4, 0.5) is 15.8 Å². The summed E-state index contributed by atoms with van der Waals surface area (Å²) in [5, 5.41) is 3.14. The van der Waals surface area contributed by atoms with Crippen molar-refractivity contribution in [1.29, 1.82) is 0 Å². The number of nitrogen functional groups attached to an aromatic ring is 1. The van der Waals surface area contributed by atoms with Crippen LogP contribution >= 0.6 is 27.5 Å². The Morgan fingerprint density at radius 2 is 1.90 bits per heavy atom. The predicted octanol–water partition coefficient (Wildman–Crippen LogP) is 4.69. The van der Waals surface area contributed by atoms with Gasteiger partial charge < -0.3 is 11.1 Å². The maximum absolute atomic E-state index is 14.0. The van der Waals surface area contributed by atoms with E-state index in [0.29, 0.717) is 26.4 Å². The molecule has 0 bridgehead atoms. The number of carbonyl (C=O) groups excluding carboxylic acids is 1. The lowest BCUT2D eigenvalue weighted by atomic mass is 10.1. The first-order valence-electron chi connectivity index (χ1n) is 6.12. The van der Waals surface area contributed by atoms with Crippen molar-refractivity contribution in [2.24, 2.45) is 0 Å². The van der Waals surface area contributed by atoms with Gasteiger partial charge in [0, 0.05) is 15.2 Å². The summed E-state index contributed by atoms with van der Waals surface area (Å²) in [6.07, 6.45) is 0. The maximum Gasteiger partial charge on any atom is 0.258 e. The molecule has 0 aliphatic rings. The molecule has 0 fully saturated rings. The minimum Gasteiger partial charge on any atom is -0.399 e. The van der Waals surface area contributed by atoms with Gasteiger partial charge in [0.25, 0.3) is 5.91 Å². The van der Waals surface area contributed by atoms with Gasteiger partial charge in [0.15, 0.2) is 0 Å². The summed E-state index contributed by atoms with van der Waals surface area (Å²) in [5.41, 5.74) is 7.55. The van der Waals surface area contributed by atoms with Gasteiger partial charge in [-0.25, -0.2) is 4.39 Å². The fraction of sp³-hybridized carbons (Fsp3) is 0.133. The highest BCUT2D eigenvalue weighted by molar-refractivity contribution is 9.10. The molecule has 21 heavy (non-hydrogen) atoms. The van der Waals surface area contributed by atoms with Crippen molar-refractivity contribution in [2.75, 3.05) is 11.1 Å². The number of carbonyl (C=O) groups is 1. The molecule has 2 rings (SSSR count). The van der Waals surface area contributed by atoms with Crippen LogP contribution in [0.3, 0.4) is 0 Å². The van der Waals surface area contributed by atoms with Crippen LogP contribution in [0.1, 0.15) is 21.5 Å². The van der Waals surface area contributed by atoms with Gasteiger partial charge in [0.05, 0.1) is 11.3 Å². The first-order valence-corrected chi connectivity index (χ1v) is 7.29. The number of amides is 1. The number of benzene rings is 2. The van der Waals surface area contributed by atoms with Gasteiger partial charge in [0.1, 0.15) is 5.82 Å². The molecule has 3 N–H and O–H groups in total. The molecule has 6 heteroatoms. The molecule has 1 amide bonds. The Kier molecular flexibility index (Phi) is 4.54. The summed E-state index contributed by atoms with van der Waals surface area (Å²) in [6, 6.07) is 6.17. The molecule has 0 saturated heterocycles. The fourth-order valence-electron chi connectivity index (χ4n) is 1.89. The molecule has 0 heterocycles. The molecule has 0 aliphatic carbocycles. The van der Waals surface area contributed by atoms with Crippen LogP contribution in [0.25, 0.3) is 0 Å². The van der Waals surface area contributed by atoms with E-state index in [1.54, 1.807) is 19.1 Å². The monoisotopic (exact) mass is 370 g/mol. The van der Waals surface area contributed by atoms with Gasteiger partial charge >= 0.3 is 0 Å². The van der Waals surface area contributed by atoms with E-state index in [-0.39, 0.29) is 5.56 Å². The first kappa shape index (κ1) is 15.8. The van der Waals surface area contributed by atoms with Gasteiger partial charge in [-0.2, -0.15) is 0 Å². The van der Waals surface area contributed by atoms with Gasteiger partial charge in [0.2, 0.25) is 0 Å². The average molecular weight is 372 g/mol. The zero-order valence-electron chi connectivity index (χ0n) is 11.4. The Hall–Kier alpha value is -1.59. The van der Waals surface area contributed by atoms with Crippen molar-refractivity contribution in [3.63, 3.8) is 0 Å². The topological polar surface area (TPSA) is 55.1 Å². The van der Waals surface area contributed by atoms with Gasteiger partial charge in [-0.05, 0) is 65.2 Å². The van der Waals surface area contributed by atoms with Crippen LogP contribution in [0.15, 0.2) is 28.7 Å². The highest BCUT2D eigenvalue weighted by atomic mass is 79.9. The Balaban J connectivity index is 2.37. The minimum atomic E-state index is -0.587. The van der Waals surface area contributed by atoms with E-state index < -0.39 is 11.7 Å². The molecule has 2 aromatic carbocycles. The SMILES string of the molecule is Cc1cc(Br)c(NC(=O)c2cc(N)cc(C)c2F)cc1Cl. The van der Waals surface area contributed by atoms with Gasteiger partial charge in [-0.15, -0.1) is 0 Å². The third-order valence-corrected chi connectivity index (χ3v) is 4.08. The largest absolute Gasteiger partial charge is 0.399 e. The number of halogens is 3. The maximum atomic E-state index is 14.0. The van der Waals surface area contributed by atoms with Crippen LogP contribution in [0.2, 0.25) is 5.02 Å². The highest BCUT2D eigenvalue weighted by Gasteiger charge is 2.16. The van der Waals surface area contributed by atoms with Crippen LogP contribution in [0.5, 0.6) is 0 Å². The van der Waals surface area contributed by atoms with Crippen molar-refractivity contribution in [2.45, 2.75) is 13.8 Å². The molecule has 0 unspecified atom stereocenters. The molecule has 0 atom stereocenters. The van der Waals surface area contributed by atoms with Crippen molar-refractivity contribution in [1.82, 2.24) is 0 Å². The van der Waals surface area contributed by atoms with Crippen LogP contribution < -0.4 is 11.1 Å². The van der Waals surface area contributed by atoms with E-state index in [1.807, 2.05) is 6.92 Å². The Morgan fingerprint density at radius 1 is 1.24 bits per heavy atom. The lowest BCUT2D eigenvalue weighted by Gasteiger charge is -2.11. The molecule has 0 aromatic heterocycles. The van der Waals surface area contributed by atoms with Gasteiger partial charge in [-0.3, -0.25) is 4.79 Å². The van der Waals surface area contributed by atoms with E-state index in [4.69, 9.17) is 17.3 Å². The van der Waals surface area contributed by atoms with Crippen LogP contribution in [0, 0.1) is 19.7 Å². The van der Waals surface area contributed by atoms with E-state index in [9.17, 15) is 9.18 Å². The van der Waals surface area contributed by atoms with Crippen LogP contribution in [-0.4, -0.2) is 5.91 Å². The van der Waals surface area contributed by atoms with E-state index in [1.165, 1.54) is 12.1 Å². The van der Waals surface area contributed by atoms with E-state index in [2.05, 4.69) is 21.2 Å². The van der Waals surface area contributed by atoms with Crippen LogP contribution in [-0.2, 0) is 0 Å². The third kappa shape index (κ3) is 3.36. The number of aryl methyl sites for hydroxylation is 2.